The highest BCUT2D eigenvalue weighted by atomic mass is 16.7. The minimum Gasteiger partial charge on any atom is -0.493 e. The third-order valence-electron chi connectivity index (χ3n) is 4.95. The van der Waals surface area contributed by atoms with Crippen LogP contribution in [0.15, 0.2) is 24.4 Å². The Morgan fingerprint density at radius 1 is 0.926 bits per heavy atom. The number of ketones is 1. The molecule has 0 spiro atoms. The van der Waals surface area contributed by atoms with Crippen molar-refractivity contribution in [2.24, 2.45) is 0 Å². The van der Waals surface area contributed by atoms with Crippen molar-refractivity contribution in [2.45, 2.75) is 0 Å². The summed E-state index contributed by atoms with van der Waals surface area (Å²) < 4.78 is 28.1. The van der Waals surface area contributed by atoms with Crippen molar-refractivity contribution in [3.05, 3.63) is 35.7 Å². The van der Waals surface area contributed by atoms with Crippen molar-refractivity contribution in [2.75, 3.05) is 28.1 Å². The number of carbonyl (C=O) groups excluding carboxylic acids is 1. The topological polar surface area (TPSA) is 76.1 Å². The number of ether oxygens (including phenoxy) is 5. The molecule has 2 aliphatic rings. The summed E-state index contributed by atoms with van der Waals surface area (Å²) in [7, 11) is 4.65. The first-order chi connectivity index (χ1) is 13.2. The Hall–Kier alpha value is -3.48. The lowest BCUT2D eigenvalue weighted by molar-refractivity contribution is 0.103. The van der Waals surface area contributed by atoms with E-state index in [1.807, 2.05) is 0 Å². The van der Waals surface area contributed by atoms with E-state index >= 15 is 0 Å². The average Bonchev–Trinajstić information content (AvgIpc) is 3.18. The minimum atomic E-state index is -0.190. The number of fused-ring (bicyclic) bond motifs is 4. The predicted octanol–water partition coefficient (Wildman–Crippen LogP) is 3.20. The van der Waals surface area contributed by atoms with Gasteiger partial charge in [-0.05, 0) is 18.2 Å². The summed E-state index contributed by atoms with van der Waals surface area (Å²) in [4.78, 5) is 17.5. The quantitative estimate of drug-likeness (QED) is 0.552. The van der Waals surface area contributed by atoms with Crippen LogP contribution < -0.4 is 23.7 Å². The summed E-state index contributed by atoms with van der Waals surface area (Å²) in [5.74, 6) is 2.32. The number of hydrogen-bond acceptors (Lipinski definition) is 7. The van der Waals surface area contributed by atoms with Crippen molar-refractivity contribution < 1.29 is 28.5 Å². The van der Waals surface area contributed by atoms with Crippen LogP contribution in [0.25, 0.3) is 21.9 Å². The molecular formula is C20H15NO6. The Morgan fingerprint density at radius 3 is 2.44 bits per heavy atom. The van der Waals surface area contributed by atoms with Crippen LogP contribution in [0.5, 0.6) is 28.7 Å². The zero-order valence-electron chi connectivity index (χ0n) is 14.9. The summed E-state index contributed by atoms with van der Waals surface area (Å²) in [6.45, 7) is 0.0628. The Balaban J connectivity index is 2.04. The van der Waals surface area contributed by atoms with Gasteiger partial charge in [0.2, 0.25) is 18.3 Å². The molecule has 1 aromatic heterocycles. The fourth-order valence-electron chi connectivity index (χ4n) is 3.88. The van der Waals surface area contributed by atoms with Gasteiger partial charge in [-0.15, -0.1) is 0 Å². The van der Waals surface area contributed by atoms with E-state index in [-0.39, 0.29) is 12.6 Å². The fraction of sp³-hybridized carbons (Fsp3) is 0.200. The summed E-state index contributed by atoms with van der Waals surface area (Å²) in [6.07, 6.45) is 1.59. The minimum absolute atomic E-state index is 0.0628. The summed E-state index contributed by atoms with van der Waals surface area (Å²) >= 11 is 0. The van der Waals surface area contributed by atoms with Crippen LogP contribution in [0.1, 0.15) is 16.1 Å². The number of benzene rings is 2. The number of nitrogens with zero attached hydrogens (tertiary/aromatic N) is 1. The molecule has 1 aliphatic heterocycles. The van der Waals surface area contributed by atoms with Gasteiger partial charge in [-0.2, -0.15) is 0 Å². The molecule has 5 rings (SSSR count). The molecule has 2 heterocycles. The number of carbonyl (C=O) groups is 1. The van der Waals surface area contributed by atoms with Crippen LogP contribution in [-0.2, 0) is 0 Å². The highest BCUT2D eigenvalue weighted by Crippen LogP contribution is 2.58. The molecule has 0 bridgehead atoms. The molecule has 0 saturated heterocycles. The largest absolute Gasteiger partial charge is 0.493 e. The summed E-state index contributed by atoms with van der Waals surface area (Å²) in [5, 5.41) is 1.38. The van der Waals surface area contributed by atoms with Crippen molar-refractivity contribution in [1.82, 2.24) is 4.98 Å². The van der Waals surface area contributed by atoms with Gasteiger partial charge in [0.25, 0.3) is 0 Å². The lowest BCUT2D eigenvalue weighted by Crippen LogP contribution is -2.14. The Morgan fingerprint density at radius 2 is 1.70 bits per heavy atom. The Bertz CT molecular complexity index is 1140. The maximum Gasteiger partial charge on any atom is 0.231 e. The zero-order chi connectivity index (χ0) is 18.7. The van der Waals surface area contributed by atoms with E-state index in [2.05, 4.69) is 4.98 Å². The number of methoxy groups -OCH3 is 3. The maximum absolute atomic E-state index is 13.2. The molecule has 136 valence electrons. The van der Waals surface area contributed by atoms with Crippen LogP contribution in [0.3, 0.4) is 0 Å². The average molecular weight is 365 g/mol. The highest BCUT2D eigenvalue weighted by Gasteiger charge is 2.38. The first-order valence-electron chi connectivity index (χ1n) is 8.29. The van der Waals surface area contributed by atoms with Gasteiger partial charge in [-0.1, -0.05) is 0 Å². The van der Waals surface area contributed by atoms with Gasteiger partial charge in [0.1, 0.15) is 5.69 Å². The maximum atomic E-state index is 13.2. The third-order valence-corrected chi connectivity index (χ3v) is 4.95. The molecule has 7 nitrogen and oxygen atoms in total. The smallest absolute Gasteiger partial charge is 0.231 e. The second kappa shape index (κ2) is 5.51. The Kier molecular flexibility index (Phi) is 3.21. The van der Waals surface area contributed by atoms with Crippen LogP contribution in [0.2, 0.25) is 0 Å². The molecule has 0 unspecified atom stereocenters. The van der Waals surface area contributed by atoms with Gasteiger partial charge in [0, 0.05) is 33.7 Å². The SMILES string of the molecule is COc1ccc2c(c1OC)-c1c3c(c(OC)c4ccnc(c14)C2=O)OCO3. The second-order valence-corrected chi connectivity index (χ2v) is 6.11. The lowest BCUT2D eigenvalue weighted by atomic mass is 9.83. The number of rotatable bonds is 3. The molecule has 0 fully saturated rings. The standard InChI is InChI=1S/C20H15NO6/c1-23-11-5-4-9-13(18(11)25-3)14-12-10(6-7-21-15(12)16(9)22)17(24-2)20-19(14)26-8-27-20/h4-7H,8H2,1-3H3. The van der Waals surface area contributed by atoms with Crippen LogP contribution in [0, 0.1) is 0 Å². The van der Waals surface area contributed by atoms with Gasteiger partial charge in [0.05, 0.1) is 21.3 Å². The van der Waals surface area contributed by atoms with Crippen molar-refractivity contribution >= 4 is 16.6 Å². The number of aromatic nitrogens is 1. The molecule has 3 aromatic rings. The number of hydrogen-bond donors (Lipinski definition) is 0. The van der Waals surface area contributed by atoms with Gasteiger partial charge in [-0.25, -0.2) is 0 Å². The zero-order valence-corrected chi connectivity index (χ0v) is 14.9. The van der Waals surface area contributed by atoms with Crippen LogP contribution in [0.4, 0.5) is 0 Å². The van der Waals surface area contributed by atoms with E-state index in [1.165, 1.54) is 0 Å². The van der Waals surface area contributed by atoms with Gasteiger partial charge in [-0.3, -0.25) is 9.78 Å². The normalized spacial score (nSPS) is 13.5. The molecule has 0 saturated carbocycles. The molecule has 7 heteroatoms. The first kappa shape index (κ1) is 15.7. The van der Waals surface area contributed by atoms with E-state index in [0.29, 0.717) is 56.5 Å². The van der Waals surface area contributed by atoms with E-state index in [9.17, 15) is 4.79 Å². The molecule has 0 amide bonds. The monoisotopic (exact) mass is 365 g/mol. The van der Waals surface area contributed by atoms with E-state index in [1.54, 1.807) is 45.7 Å². The molecule has 0 N–H and O–H groups in total. The van der Waals surface area contributed by atoms with Crippen molar-refractivity contribution in [1.29, 1.82) is 0 Å². The lowest BCUT2D eigenvalue weighted by Gasteiger charge is -2.24. The van der Waals surface area contributed by atoms with E-state index in [0.717, 1.165) is 5.39 Å². The molecular weight excluding hydrogens is 350 g/mol. The molecule has 27 heavy (non-hydrogen) atoms. The fourth-order valence-corrected chi connectivity index (χ4v) is 3.88. The Labute approximate surface area is 154 Å². The first-order valence-corrected chi connectivity index (χ1v) is 8.29. The summed E-state index contributed by atoms with van der Waals surface area (Å²) in [6, 6.07) is 5.23. The van der Waals surface area contributed by atoms with E-state index < -0.39 is 0 Å². The van der Waals surface area contributed by atoms with Crippen LogP contribution in [-0.4, -0.2) is 38.9 Å². The summed E-state index contributed by atoms with van der Waals surface area (Å²) in [5.41, 5.74) is 2.13. The second-order valence-electron chi connectivity index (χ2n) is 6.11. The van der Waals surface area contributed by atoms with Crippen LogP contribution >= 0.6 is 0 Å². The molecule has 2 aromatic carbocycles. The van der Waals surface area contributed by atoms with Crippen molar-refractivity contribution in [3.8, 4) is 39.9 Å². The predicted molar refractivity (Wildman–Crippen MR) is 96.4 cm³/mol. The van der Waals surface area contributed by atoms with Gasteiger partial charge < -0.3 is 23.7 Å². The molecule has 1 aliphatic carbocycles. The molecule has 0 radical (unpaired) electrons. The third kappa shape index (κ3) is 1.85. The van der Waals surface area contributed by atoms with E-state index in [4.69, 9.17) is 23.7 Å². The van der Waals surface area contributed by atoms with Crippen molar-refractivity contribution in [3.63, 3.8) is 0 Å². The van der Waals surface area contributed by atoms with Gasteiger partial charge >= 0.3 is 0 Å². The molecule has 0 atom stereocenters. The number of pyridine rings is 1. The highest BCUT2D eigenvalue weighted by molar-refractivity contribution is 6.27. The van der Waals surface area contributed by atoms with Gasteiger partial charge in [0.15, 0.2) is 23.0 Å².